The molecule has 1 aromatic carbocycles. The molecule has 1 aromatic heterocycles. The summed E-state index contributed by atoms with van der Waals surface area (Å²) in [6.07, 6.45) is 2.20. The van der Waals surface area contributed by atoms with Gasteiger partial charge in [0.05, 0.1) is 5.92 Å². The van der Waals surface area contributed by atoms with Gasteiger partial charge in [0.25, 0.3) is 5.91 Å². The van der Waals surface area contributed by atoms with E-state index in [4.69, 9.17) is 5.11 Å². The Balaban J connectivity index is 1.64. The van der Waals surface area contributed by atoms with Crippen molar-refractivity contribution in [1.82, 2.24) is 10.3 Å². The maximum atomic E-state index is 12.3. The third-order valence-corrected chi connectivity index (χ3v) is 4.17. The van der Waals surface area contributed by atoms with Crippen molar-refractivity contribution in [3.63, 3.8) is 0 Å². The number of rotatable bonds is 5. The number of carbonyl (C=O) groups excluding carboxylic acids is 1. The van der Waals surface area contributed by atoms with Gasteiger partial charge in [0.15, 0.2) is 0 Å². The second-order valence-corrected chi connectivity index (χ2v) is 5.84. The fraction of sp³-hybridized carbons (Fsp3) is 0.278. The molecule has 1 aliphatic rings. The number of aliphatic carboxylic acids is 1. The van der Waals surface area contributed by atoms with Crippen molar-refractivity contribution in [2.45, 2.75) is 13.0 Å². The molecule has 2 heterocycles. The second kappa shape index (κ2) is 7.12. The number of carbonyl (C=O) groups is 2. The van der Waals surface area contributed by atoms with Crippen LogP contribution in [0, 0.1) is 5.92 Å². The molecule has 0 aliphatic carbocycles. The van der Waals surface area contributed by atoms with Crippen molar-refractivity contribution in [3.05, 3.63) is 59.9 Å². The average Bonchev–Trinajstić information content (AvgIpc) is 3.11. The van der Waals surface area contributed by atoms with Crippen LogP contribution in [0.15, 0.2) is 48.7 Å². The number of amides is 1. The van der Waals surface area contributed by atoms with Crippen LogP contribution in [0.1, 0.15) is 22.5 Å². The number of carboxylic acids is 1. The summed E-state index contributed by atoms with van der Waals surface area (Å²) in [5.41, 5.74) is 2.19. The third kappa shape index (κ3) is 3.71. The number of hydrogen-bond donors (Lipinski definition) is 2. The van der Waals surface area contributed by atoms with Crippen LogP contribution in [0.4, 0.5) is 5.69 Å². The predicted octanol–water partition coefficient (Wildman–Crippen LogP) is 1.92. The summed E-state index contributed by atoms with van der Waals surface area (Å²) in [5.74, 6) is -1.37. The summed E-state index contributed by atoms with van der Waals surface area (Å²) in [7, 11) is 0. The molecule has 24 heavy (non-hydrogen) atoms. The third-order valence-electron chi connectivity index (χ3n) is 4.17. The number of anilines is 1. The highest BCUT2D eigenvalue weighted by Gasteiger charge is 2.28. The number of benzene rings is 1. The maximum absolute atomic E-state index is 12.3. The Bertz CT molecular complexity index is 733. The number of nitrogens with one attached hydrogen (secondary N) is 1. The molecule has 1 aliphatic heterocycles. The Morgan fingerprint density at radius 1 is 1.25 bits per heavy atom. The van der Waals surface area contributed by atoms with Gasteiger partial charge in [-0.25, -0.2) is 0 Å². The van der Waals surface area contributed by atoms with E-state index in [-0.39, 0.29) is 11.8 Å². The van der Waals surface area contributed by atoms with Crippen LogP contribution in [-0.4, -0.2) is 35.1 Å². The minimum Gasteiger partial charge on any atom is -0.481 e. The minimum atomic E-state index is -0.771. The van der Waals surface area contributed by atoms with E-state index in [1.54, 1.807) is 18.3 Å². The SMILES string of the molecule is O=C(NCc1ccccc1)c1cc(N2CCC(C(=O)O)C2)ccn1. The van der Waals surface area contributed by atoms with Gasteiger partial charge in [-0.05, 0) is 24.1 Å². The fourth-order valence-electron chi connectivity index (χ4n) is 2.81. The lowest BCUT2D eigenvalue weighted by Gasteiger charge is -2.18. The molecular weight excluding hydrogens is 306 g/mol. The molecule has 6 nitrogen and oxygen atoms in total. The molecule has 1 amide bonds. The fourth-order valence-corrected chi connectivity index (χ4v) is 2.81. The number of carboxylic acid groups (broad SMARTS) is 1. The van der Waals surface area contributed by atoms with Crippen LogP contribution in [0.3, 0.4) is 0 Å². The molecule has 6 heteroatoms. The zero-order valence-corrected chi connectivity index (χ0v) is 13.2. The molecular formula is C18H19N3O3. The Morgan fingerprint density at radius 2 is 2.04 bits per heavy atom. The number of hydrogen-bond acceptors (Lipinski definition) is 4. The van der Waals surface area contributed by atoms with Gasteiger partial charge in [-0.3, -0.25) is 14.6 Å². The van der Waals surface area contributed by atoms with E-state index in [0.717, 1.165) is 11.3 Å². The molecule has 2 aromatic rings. The van der Waals surface area contributed by atoms with Gasteiger partial charge in [-0.2, -0.15) is 0 Å². The molecule has 0 spiro atoms. The van der Waals surface area contributed by atoms with Crippen molar-refractivity contribution < 1.29 is 14.7 Å². The van der Waals surface area contributed by atoms with Crippen LogP contribution in [0.5, 0.6) is 0 Å². The van der Waals surface area contributed by atoms with E-state index < -0.39 is 5.97 Å². The second-order valence-electron chi connectivity index (χ2n) is 5.84. The lowest BCUT2D eigenvalue weighted by molar-refractivity contribution is -0.140. The molecule has 124 valence electrons. The molecule has 1 saturated heterocycles. The number of pyridine rings is 1. The minimum absolute atomic E-state index is 0.241. The van der Waals surface area contributed by atoms with Crippen LogP contribution >= 0.6 is 0 Å². The van der Waals surface area contributed by atoms with Gasteiger partial charge in [0.1, 0.15) is 5.69 Å². The molecule has 0 radical (unpaired) electrons. The molecule has 1 unspecified atom stereocenters. The van der Waals surface area contributed by atoms with E-state index in [9.17, 15) is 9.59 Å². The van der Waals surface area contributed by atoms with Gasteiger partial charge >= 0.3 is 5.97 Å². The first-order valence-electron chi connectivity index (χ1n) is 7.89. The molecule has 2 N–H and O–H groups in total. The quantitative estimate of drug-likeness (QED) is 0.877. The highest BCUT2D eigenvalue weighted by Crippen LogP contribution is 2.24. The normalized spacial score (nSPS) is 16.8. The lowest BCUT2D eigenvalue weighted by atomic mass is 10.1. The van der Waals surface area contributed by atoms with Crippen LogP contribution in [0.2, 0.25) is 0 Å². The van der Waals surface area contributed by atoms with Gasteiger partial charge in [-0.15, -0.1) is 0 Å². The summed E-state index contributed by atoms with van der Waals surface area (Å²) in [6, 6.07) is 13.2. The highest BCUT2D eigenvalue weighted by molar-refractivity contribution is 5.93. The summed E-state index contributed by atoms with van der Waals surface area (Å²) in [6.45, 7) is 1.58. The number of aromatic nitrogens is 1. The van der Waals surface area contributed by atoms with Crippen molar-refractivity contribution in [1.29, 1.82) is 0 Å². The molecule has 3 rings (SSSR count). The van der Waals surface area contributed by atoms with Crippen molar-refractivity contribution >= 4 is 17.6 Å². The van der Waals surface area contributed by atoms with Crippen molar-refractivity contribution in [2.75, 3.05) is 18.0 Å². The zero-order chi connectivity index (χ0) is 16.9. The van der Waals surface area contributed by atoms with Gasteiger partial charge in [-0.1, -0.05) is 30.3 Å². The summed E-state index contributed by atoms with van der Waals surface area (Å²) in [5, 5.41) is 11.9. The van der Waals surface area contributed by atoms with Crippen LogP contribution in [0.25, 0.3) is 0 Å². The molecule has 1 atom stereocenters. The standard InChI is InChI=1S/C18H19N3O3/c22-17(20-11-13-4-2-1-3-5-13)16-10-15(6-8-19-16)21-9-7-14(12-21)18(23)24/h1-6,8,10,14H,7,9,11-12H2,(H,20,22)(H,23,24). The Morgan fingerprint density at radius 3 is 2.75 bits per heavy atom. The zero-order valence-electron chi connectivity index (χ0n) is 13.2. The Labute approximate surface area is 140 Å². The first-order chi connectivity index (χ1) is 11.6. The summed E-state index contributed by atoms with van der Waals surface area (Å²) < 4.78 is 0. The van der Waals surface area contributed by atoms with Gasteiger partial charge in [0.2, 0.25) is 0 Å². The number of nitrogens with zero attached hydrogens (tertiary/aromatic N) is 2. The van der Waals surface area contributed by atoms with E-state index in [1.807, 2.05) is 35.2 Å². The van der Waals surface area contributed by atoms with E-state index >= 15 is 0 Å². The van der Waals surface area contributed by atoms with Crippen molar-refractivity contribution in [2.24, 2.45) is 5.92 Å². The average molecular weight is 325 g/mol. The Kier molecular flexibility index (Phi) is 4.74. The highest BCUT2D eigenvalue weighted by atomic mass is 16.4. The smallest absolute Gasteiger partial charge is 0.308 e. The maximum Gasteiger partial charge on any atom is 0.308 e. The van der Waals surface area contributed by atoms with Gasteiger partial charge < -0.3 is 15.3 Å². The molecule has 0 saturated carbocycles. The summed E-state index contributed by atoms with van der Waals surface area (Å²) in [4.78, 5) is 29.4. The Hall–Kier alpha value is -2.89. The van der Waals surface area contributed by atoms with Crippen LogP contribution < -0.4 is 10.2 Å². The van der Waals surface area contributed by atoms with E-state index in [1.165, 1.54) is 0 Å². The van der Waals surface area contributed by atoms with E-state index in [2.05, 4.69) is 10.3 Å². The van der Waals surface area contributed by atoms with Gasteiger partial charge in [0, 0.05) is 31.5 Å². The van der Waals surface area contributed by atoms with E-state index in [0.29, 0.717) is 31.7 Å². The molecule has 0 bridgehead atoms. The molecule has 1 fully saturated rings. The first-order valence-corrected chi connectivity index (χ1v) is 7.89. The topological polar surface area (TPSA) is 82.5 Å². The summed E-state index contributed by atoms with van der Waals surface area (Å²) >= 11 is 0. The monoisotopic (exact) mass is 325 g/mol. The van der Waals surface area contributed by atoms with Crippen LogP contribution in [-0.2, 0) is 11.3 Å². The predicted molar refractivity (Wildman–Crippen MR) is 89.8 cm³/mol. The lowest BCUT2D eigenvalue weighted by Crippen LogP contribution is -2.25. The first kappa shape index (κ1) is 16.0. The van der Waals surface area contributed by atoms with Crippen molar-refractivity contribution in [3.8, 4) is 0 Å². The largest absolute Gasteiger partial charge is 0.481 e.